The van der Waals surface area contributed by atoms with E-state index < -0.39 is 0 Å². The zero-order valence-electron chi connectivity index (χ0n) is 11.7. The summed E-state index contributed by atoms with van der Waals surface area (Å²) in [5.74, 6) is 0.818. The number of ether oxygens (including phenoxy) is 1. The van der Waals surface area contributed by atoms with Crippen molar-refractivity contribution in [2.75, 3.05) is 20.7 Å². The van der Waals surface area contributed by atoms with Crippen molar-refractivity contribution in [3.63, 3.8) is 0 Å². The molecule has 19 heavy (non-hydrogen) atoms. The van der Waals surface area contributed by atoms with E-state index in [-0.39, 0.29) is 18.1 Å². The summed E-state index contributed by atoms with van der Waals surface area (Å²) in [5.41, 5.74) is 1.04. The lowest BCUT2D eigenvalue weighted by Crippen LogP contribution is -2.34. The highest BCUT2D eigenvalue weighted by Gasteiger charge is 2.38. The van der Waals surface area contributed by atoms with Crippen LogP contribution >= 0.6 is 15.9 Å². The average Bonchev–Trinajstić information content (AvgIpc) is 2.66. The maximum absolute atomic E-state index is 12.2. The maximum Gasteiger partial charge on any atom is 0.320 e. The molecule has 1 aliphatic rings. The molecule has 0 bridgehead atoms. The quantitative estimate of drug-likeness (QED) is 0.854. The number of urea groups is 1. The van der Waals surface area contributed by atoms with Crippen LogP contribution in [0.1, 0.15) is 25.5 Å². The monoisotopic (exact) mass is 326 g/mol. The number of benzene rings is 1. The van der Waals surface area contributed by atoms with Crippen molar-refractivity contribution in [2.24, 2.45) is 0 Å². The fraction of sp³-hybridized carbons (Fsp3) is 0.500. The van der Waals surface area contributed by atoms with Crippen LogP contribution in [0.4, 0.5) is 4.79 Å². The van der Waals surface area contributed by atoms with Gasteiger partial charge in [0.15, 0.2) is 0 Å². The first-order valence-electron chi connectivity index (χ1n) is 6.32. The van der Waals surface area contributed by atoms with Crippen LogP contribution in [0.25, 0.3) is 0 Å². The third-order valence-corrected chi connectivity index (χ3v) is 4.05. The van der Waals surface area contributed by atoms with Gasteiger partial charge in [0.1, 0.15) is 5.75 Å². The van der Waals surface area contributed by atoms with Gasteiger partial charge in [0, 0.05) is 29.7 Å². The predicted molar refractivity (Wildman–Crippen MR) is 78.4 cm³/mol. The van der Waals surface area contributed by atoms with E-state index in [1.807, 2.05) is 44.0 Å². The fourth-order valence-corrected chi connectivity index (χ4v) is 2.81. The van der Waals surface area contributed by atoms with Gasteiger partial charge < -0.3 is 14.5 Å². The van der Waals surface area contributed by atoms with E-state index in [4.69, 9.17) is 4.74 Å². The van der Waals surface area contributed by atoms with E-state index in [1.165, 1.54) is 0 Å². The molecular formula is C14H19BrN2O2. The van der Waals surface area contributed by atoms with Gasteiger partial charge in [-0.15, -0.1) is 0 Å². The third-order valence-electron chi connectivity index (χ3n) is 3.56. The molecule has 2 rings (SSSR count). The first-order chi connectivity index (χ1) is 8.95. The topological polar surface area (TPSA) is 32.8 Å². The van der Waals surface area contributed by atoms with Gasteiger partial charge in [0.25, 0.3) is 0 Å². The Labute approximate surface area is 122 Å². The molecule has 1 aromatic carbocycles. The summed E-state index contributed by atoms with van der Waals surface area (Å²) in [6.07, 6.45) is 0. The molecule has 1 atom stereocenters. The number of methoxy groups -OCH3 is 1. The molecule has 1 aromatic rings. The van der Waals surface area contributed by atoms with E-state index in [0.717, 1.165) is 15.8 Å². The minimum absolute atomic E-state index is 0.0300. The number of rotatable bonds is 3. The summed E-state index contributed by atoms with van der Waals surface area (Å²) in [7, 11) is 3.50. The van der Waals surface area contributed by atoms with Crippen molar-refractivity contribution < 1.29 is 9.53 Å². The highest BCUT2D eigenvalue weighted by atomic mass is 79.9. The largest absolute Gasteiger partial charge is 0.496 e. The van der Waals surface area contributed by atoms with Gasteiger partial charge in [-0.25, -0.2) is 4.79 Å². The van der Waals surface area contributed by atoms with E-state index in [1.54, 1.807) is 12.0 Å². The molecule has 4 nitrogen and oxygen atoms in total. The zero-order valence-corrected chi connectivity index (χ0v) is 13.3. The molecule has 104 valence electrons. The number of hydrogen-bond donors (Lipinski definition) is 0. The molecule has 0 N–H and O–H groups in total. The van der Waals surface area contributed by atoms with Gasteiger partial charge in [0.05, 0.1) is 13.2 Å². The van der Waals surface area contributed by atoms with Crippen LogP contribution in [0.5, 0.6) is 5.75 Å². The van der Waals surface area contributed by atoms with Crippen LogP contribution in [0, 0.1) is 0 Å². The SMILES string of the molecule is COc1ccc(Br)cc1C1CN(C(C)C)C(=O)N1C. The van der Waals surface area contributed by atoms with Crippen molar-refractivity contribution >= 4 is 22.0 Å². The van der Waals surface area contributed by atoms with Crippen molar-refractivity contribution in [3.05, 3.63) is 28.2 Å². The summed E-state index contributed by atoms with van der Waals surface area (Å²) in [5, 5.41) is 0. The Hall–Kier alpha value is -1.23. The number of nitrogens with zero attached hydrogens (tertiary/aromatic N) is 2. The van der Waals surface area contributed by atoms with Crippen molar-refractivity contribution in [1.29, 1.82) is 0 Å². The highest BCUT2D eigenvalue weighted by molar-refractivity contribution is 9.10. The smallest absolute Gasteiger partial charge is 0.320 e. The fourth-order valence-electron chi connectivity index (χ4n) is 2.43. The molecule has 1 aliphatic heterocycles. The molecule has 1 unspecified atom stereocenters. The van der Waals surface area contributed by atoms with Crippen LogP contribution in [0.15, 0.2) is 22.7 Å². The van der Waals surface area contributed by atoms with Gasteiger partial charge in [0.2, 0.25) is 0 Å². The summed E-state index contributed by atoms with van der Waals surface area (Å²) < 4.78 is 6.41. The van der Waals surface area contributed by atoms with Gasteiger partial charge in [-0.2, -0.15) is 0 Å². The van der Waals surface area contributed by atoms with Crippen LogP contribution in [0.2, 0.25) is 0 Å². The normalized spacial score (nSPS) is 19.5. The zero-order chi connectivity index (χ0) is 14.2. The predicted octanol–water partition coefficient (Wildman–Crippen LogP) is 3.27. The molecule has 1 heterocycles. The Morgan fingerprint density at radius 1 is 1.42 bits per heavy atom. The lowest BCUT2D eigenvalue weighted by molar-refractivity contribution is 0.187. The average molecular weight is 327 g/mol. The molecule has 1 fully saturated rings. The molecule has 0 radical (unpaired) electrons. The Morgan fingerprint density at radius 3 is 2.63 bits per heavy atom. The Kier molecular flexibility index (Phi) is 4.04. The number of hydrogen-bond acceptors (Lipinski definition) is 2. The Bertz CT molecular complexity index is 490. The highest BCUT2D eigenvalue weighted by Crippen LogP contribution is 2.36. The Morgan fingerprint density at radius 2 is 2.11 bits per heavy atom. The number of likely N-dealkylation sites (N-methyl/N-ethyl adjacent to an activating group) is 1. The summed E-state index contributed by atoms with van der Waals surface area (Å²) in [6.45, 7) is 4.76. The first-order valence-corrected chi connectivity index (χ1v) is 7.12. The van der Waals surface area contributed by atoms with E-state index in [0.29, 0.717) is 6.54 Å². The molecule has 0 aliphatic carbocycles. The molecule has 0 spiro atoms. The van der Waals surface area contributed by atoms with Gasteiger partial charge >= 0.3 is 6.03 Å². The van der Waals surface area contributed by atoms with Gasteiger partial charge in [-0.3, -0.25) is 0 Å². The molecule has 2 amide bonds. The van der Waals surface area contributed by atoms with E-state index in [2.05, 4.69) is 15.9 Å². The second-order valence-electron chi connectivity index (χ2n) is 5.04. The molecule has 0 saturated carbocycles. The van der Waals surface area contributed by atoms with Crippen molar-refractivity contribution in [2.45, 2.75) is 25.9 Å². The van der Waals surface area contributed by atoms with Gasteiger partial charge in [-0.05, 0) is 32.0 Å². The van der Waals surface area contributed by atoms with Crippen LogP contribution in [0.3, 0.4) is 0 Å². The van der Waals surface area contributed by atoms with Gasteiger partial charge in [-0.1, -0.05) is 15.9 Å². The maximum atomic E-state index is 12.2. The lowest BCUT2D eigenvalue weighted by Gasteiger charge is -2.20. The number of halogens is 1. The van der Waals surface area contributed by atoms with Crippen LogP contribution < -0.4 is 4.74 Å². The van der Waals surface area contributed by atoms with E-state index >= 15 is 0 Å². The minimum Gasteiger partial charge on any atom is -0.496 e. The number of carbonyl (C=O) groups is 1. The minimum atomic E-state index is 0.0300. The second-order valence-corrected chi connectivity index (χ2v) is 5.96. The lowest BCUT2D eigenvalue weighted by atomic mass is 10.1. The first kappa shape index (κ1) is 14.2. The molecule has 1 saturated heterocycles. The number of carbonyl (C=O) groups excluding carboxylic acids is 1. The third kappa shape index (κ3) is 2.56. The van der Waals surface area contributed by atoms with Crippen molar-refractivity contribution in [3.8, 4) is 5.75 Å². The molecular weight excluding hydrogens is 308 g/mol. The Balaban J connectivity index is 2.37. The van der Waals surface area contributed by atoms with Crippen molar-refractivity contribution in [1.82, 2.24) is 9.80 Å². The van der Waals surface area contributed by atoms with E-state index in [9.17, 15) is 4.79 Å². The van der Waals surface area contributed by atoms with Crippen LogP contribution in [-0.2, 0) is 0 Å². The summed E-state index contributed by atoms with van der Waals surface area (Å²) in [6, 6.07) is 6.20. The standard InChI is InChI=1S/C14H19BrN2O2/c1-9(2)17-8-12(16(3)14(17)18)11-7-10(15)5-6-13(11)19-4/h5-7,9,12H,8H2,1-4H3. The summed E-state index contributed by atoms with van der Waals surface area (Å²) in [4.78, 5) is 15.9. The summed E-state index contributed by atoms with van der Waals surface area (Å²) >= 11 is 3.48. The van der Waals surface area contributed by atoms with Crippen LogP contribution in [-0.4, -0.2) is 42.6 Å². The second kappa shape index (κ2) is 5.41. The molecule has 0 aromatic heterocycles. The molecule has 5 heteroatoms. The number of amides is 2.